The van der Waals surface area contributed by atoms with Crippen molar-refractivity contribution in [2.45, 2.75) is 32.2 Å². The molecule has 1 saturated heterocycles. The summed E-state index contributed by atoms with van der Waals surface area (Å²) in [6, 6.07) is 13.8. The highest BCUT2D eigenvalue weighted by Gasteiger charge is 2.32. The zero-order valence-corrected chi connectivity index (χ0v) is 16.0. The molecule has 1 atom stereocenters. The van der Waals surface area contributed by atoms with Crippen LogP contribution in [0.2, 0.25) is 0 Å². The Balaban J connectivity index is 1.53. The fourth-order valence-corrected chi connectivity index (χ4v) is 3.51. The van der Waals surface area contributed by atoms with Gasteiger partial charge in [-0.05, 0) is 62.6 Å². The summed E-state index contributed by atoms with van der Waals surface area (Å²) in [6.07, 6.45) is 2.13. The highest BCUT2D eigenvalue weighted by molar-refractivity contribution is 5.97. The van der Waals surface area contributed by atoms with Gasteiger partial charge in [-0.25, -0.2) is 4.79 Å². The molecular weight excluding hydrogens is 370 g/mol. The minimum absolute atomic E-state index is 0.269. The summed E-state index contributed by atoms with van der Waals surface area (Å²) in [4.78, 5) is 25.7. The number of aryl methyl sites for hydroxylation is 1. The van der Waals surface area contributed by atoms with Gasteiger partial charge in [0, 0.05) is 23.2 Å². The van der Waals surface area contributed by atoms with Gasteiger partial charge in [-0.1, -0.05) is 17.7 Å². The second kappa shape index (κ2) is 7.87. The molecule has 0 aliphatic carbocycles. The SMILES string of the molecule is Cc1ccc(-c2nnc(-c3ccc(C(=O)N4CCCC[C@H]4C(=O)O)cc3)o2)cc1. The maximum atomic E-state index is 12.8. The molecule has 1 aromatic heterocycles. The maximum Gasteiger partial charge on any atom is 0.326 e. The van der Waals surface area contributed by atoms with Crippen molar-refractivity contribution in [3.8, 4) is 22.9 Å². The Hall–Kier alpha value is -3.48. The van der Waals surface area contributed by atoms with Gasteiger partial charge in [-0.3, -0.25) is 4.79 Å². The first-order valence-corrected chi connectivity index (χ1v) is 9.58. The molecule has 2 aromatic carbocycles. The van der Waals surface area contributed by atoms with Gasteiger partial charge >= 0.3 is 5.97 Å². The van der Waals surface area contributed by atoms with Crippen LogP contribution in [0.3, 0.4) is 0 Å². The van der Waals surface area contributed by atoms with Crippen molar-refractivity contribution in [1.82, 2.24) is 15.1 Å². The zero-order chi connectivity index (χ0) is 20.4. The summed E-state index contributed by atoms with van der Waals surface area (Å²) in [5, 5.41) is 17.6. The topological polar surface area (TPSA) is 96.5 Å². The van der Waals surface area contributed by atoms with Gasteiger partial charge < -0.3 is 14.4 Å². The third-order valence-corrected chi connectivity index (χ3v) is 5.15. The van der Waals surface area contributed by atoms with Crippen molar-refractivity contribution in [3.05, 3.63) is 59.7 Å². The number of benzene rings is 2. The van der Waals surface area contributed by atoms with Crippen LogP contribution in [-0.4, -0.2) is 44.7 Å². The molecular formula is C22H21N3O4. The highest BCUT2D eigenvalue weighted by atomic mass is 16.4. The average molecular weight is 391 g/mol. The van der Waals surface area contributed by atoms with Crippen molar-refractivity contribution in [3.63, 3.8) is 0 Å². The second-order valence-electron chi connectivity index (χ2n) is 7.20. The summed E-state index contributed by atoms with van der Waals surface area (Å²) in [6.45, 7) is 2.47. The average Bonchev–Trinajstić information content (AvgIpc) is 3.24. The van der Waals surface area contributed by atoms with Crippen molar-refractivity contribution >= 4 is 11.9 Å². The Morgan fingerprint density at radius 3 is 2.14 bits per heavy atom. The molecule has 1 N–H and O–H groups in total. The van der Waals surface area contributed by atoms with E-state index in [2.05, 4.69) is 10.2 Å². The van der Waals surface area contributed by atoms with Crippen LogP contribution in [-0.2, 0) is 4.79 Å². The van der Waals surface area contributed by atoms with Crippen molar-refractivity contribution in [2.75, 3.05) is 6.54 Å². The molecule has 0 radical (unpaired) electrons. The minimum Gasteiger partial charge on any atom is -0.480 e. The monoisotopic (exact) mass is 391 g/mol. The number of carbonyl (C=O) groups excluding carboxylic acids is 1. The lowest BCUT2D eigenvalue weighted by Crippen LogP contribution is -2.47. The third kappa shape index (κ3) is 3.89. The Kier molecular flexibility index (Phi) is 5.12. The lowest BCUT2D eigenvalue weighted by molar-refractivity contribution is -0.143. The first kappa shape index (κ1) is 18.9. The highest BCUT2D eigenvalue weighted by Crippen LogP contribution is 2.25. The van der Waals surface area contributed by atoms with Crippen molar-refractivity contribution in [1.29, 1.82) is 0 Å². The van der Waals surface area contributed by atoms with Crippen LogP contribution in [0.1, 0.15) is 35.2 Å². The van der Waals surface area contributed by atoms with Crippen LogP contribution in [0.15, 0.2) is 52.9 Å². The number of carboxylic acid groups (broad SMARTS) is 1. The number of aliphatic carboxylic acids is 1. The van der Waals surface area contributed by atoms with Gasteiger partial charge in [-0.2, -0.15) is 0 Å². The summed E-state index contributed by atoms with van der Waals surface area (Å²) in [5.41, 5.74) is 3.12. The number of amides is 1. The molecule has 7 heteroatoms. The number of carboxylic acids is 1. The summed E-state index contributed by atoms with van der Waals surface area (Å²) < 4.78 is 5.77. The van der Waals surface area contributed by atoms with E-state index in [1.165, 1.54) is 4.90 Å². The van der Waals surface area contributed by atoms with E-state index in [4.69, 9.17) is 4.42 Å². The molecule has 0 spiro atoms. The Labute approximate surface area is 168 Å². The van der Waals surface area contributed by atoms with E-state index in [0.29, 0.717) is 35.9 Å². The normalized spacial score (nSPS) is 16.6. The van der Waals surface area contributed by atoms with E-state index in [1.54, 1.807) is 24.3 Å². The van der Waals surface area contributed by atoms with Gasteiger partial charge in [0.1, 0.15) is 6.04 Å². The number of hydrogen-bond acceptors (Lipinski definition) is 5. The summed E-state index contributed by atoms with van der Waals surface area (Å²) in [5.74, 6) is -0.433. The molecule has 0 saturated carbocycles. The Bertz CT molecular complexity index is 1020. The van der Waals surface area contributed by atoms with E-state index in [9.17, 15) is 14.7 Å². The molecule has 0 unspecified atom stereocenters. The number of rotatable bonds is 4. The van der Waals surface area contributed by atoms with E-state index >= 15 is 0 Å². The van der Waals surface area contributed by atoms with Crippen LogP contribution >= 0.6 is 0 Å². The summed E-state index contributed by atoms with van der Waals surface area (Å²) >= 11 is 0. The molecule has 1 aliphatic rings. The molecule has 7 nitrogen and oxygen atoms in total. The van der Waals surface area contributed by atoms with Crippen molar-refractivity contribution < 1.29 is 19.1 Å². The fourth-order valence-electron chi connectivity index (χ4n) is 3.51. The number of nitrogens with zero attached hydrogens (tertiary/aromatic N) is 3. The van der Waals surface area contributed by atoms with Gasteiger partial charge in [0.2, 0.25) is 11.8 Å². The number of carbonyl (C=O) groups is 2. The van der Waals surface area contributed by atoms with Crippen LogP contribution in [0.4, 0.5) is 0 Å². The smallest absolute Gasteiger partial charge is 0.326 e. The molecule has 148 valence electrons. The molecule has 1 fully saturated rings. The van der Waals surface area contributed by atoms with Gasteiger partial charge in [0.15, 0.2) is 0 Å². The molecule has 3 aromatic rings. The molecule has 1 aliphatic heterocycles. The van der Waals surface area contributed by atoms with Crippen molar-refractivity contribution in [2.24, 2.45) is 0 Å². The number of likely N-dealkylation sites (tertiary alicyclic amines) is 1. The standard InChI is InChI=1S/C22H21N3O4/c1-14-5-7-15(8-6-14)19-23-24-20(29-19)16-9-11-17(12-10-16)21(26)25-13-3-2-4-18(25)22(27)28/h5-12,18H,2-4,13H2,1H3,(H,27,28)/t18-/m0/s1. The second-order valence-corrected chi connectivity index (χ2v) is 7.20. The lowest BCUT2D eigenvalue weighted by Gasteiger charge is -2.33. The zero-order valence-electron chi connectivity index (χ0n) is 16.0. The molecule has 2 heterocycles. The molecule has 29 heavy (non-hydrogen) atoms. The molecule has 0 bridgehead atoms. The predicted octanol–water partition coefficient (Wildman–Crippen LogP) is 3.79. The third-order valence-electron chi connectivity index (χ3n) is 5.15. The van der Waals surface area contributed by atoms with Gasteiger partial charge in [-0.15, -0.1) is 10.2 Å². The minimum atomic E-state index is -0.954. The maximum absolute atomic E-state index is 12.8. The Morgan fingerprint density at radius 1 is 0.966 bits per heavy atom. The van der Waals surface area contributed by atoms with Gasteiger partial charge in [0.05, 0.1) is 0 Å². The lowest BCUT2D eigenvalue weighted by atomic mass is 10.0. The molecule has 4 rings (SSSR count). The first-order valence-electron chi connectivity index (χ1n) is 9.58. The van der Waals surface area contributed by atoms with E-state index < -0.39 is 12.0 Å². The Morgan fingerprint density at radius 2 is 1.55 bits per heavy atom. The van der Waals surface area contributed by atoms with Crippen LogP contribution in [0.5, 0.6) is 0 Å². The van der Waals surface area contributed by atoms with Gasteiger partial charge in [0.25, 0.3) is 5.91 Å². The summed E-state index contributed by atoms with van der Waals surface area (Å²) in [7, 11) is 0. The van der Waals surface area contributed by atoms with Crippen LogP contribution in [0, 0.1) is 6.92 Å². The van der Waals surface area contributed by atoms with Crippen LogP contribution < -0.4 is 0 Å². The number of piperidine rings is 1. The quantitative estimate of drug-likeness (QED) is 0.727. The number of hydrogen-bond donors (Lipinski definition) is 1. The van der Waals surface area contributed by atoms with E-state index in [1.807, 2.05) is 31.2 Å². The predicted molar refractivity (Wildman–Crippen MR) is 106 cm³/mol. The molecule has 1 amide bonds. The van der Waals surface area contributed by atoms with E-state index in [0.717, 1.165) is 24.0 Å². The first-order chi connectivity index (χ1) is 14.0. The largest absolute Gasteiger partial charge is 0.480 e. The van der Waals surface area contributed by atoms with E-state index in [-0.39, 0.29) is 5.91 Å². The fraction of sp³-hybridized carbons (Fsp3) is 0.273. The van der Waals surface area contributed by atoms with Crippen LogP contribution in [0.25, 0.3) is 22.9 Å². The number of aromatic nitrogens is 2.